The lowest BCUT2D eigenvalue weighted by Crippen LogP contribution is -2.39. The summed E-state index contributed by atoms with van der Waals surface area (Å²) in [6, 6.07) is 0. The fourth-order valence-corrected chi connectivity index (χ4v) is 2.31. The monoisotopic (exact) mass is 280 g/mol. The van der Waals surface area contributed by atoms with Crippen LogP contribution in [0.15, 0.2) is 9.59 Å². The van der Waals surface area contributed by atoms with Crippen LogP contribution < -0.4 is 11.2 Å². The Bertz CT molecular complexity index is 796. The fraction of sp³-hybridized carbons (Fsp3) is 0.500. The number of carbonyl (C=O) groups is 1. The largest absolute Gasteiger partial charge is 0.481 e. The molecule has 2 aromatic heterocycles. The van der Waals surface area contributed by atoms with Gasteiger partial charge in [-0.15, -0.1) is 0 Å². The van der Waals surface area contributed by atoms with Gasteiger partial charge < -0.3 is 9.67 Å². The van der Waals surface area contributed by atoms with Crippen molar-refractivity contribution < 1.29 is 9.90 Å². The topological polar surface area (TPSA) is 99.1 Å². The molecule has 0 saturated carbocycles. The van der Waals surface area contributed by atoms with Gasteiger partial charge in [0.25, 0.3) is 5.56 Å². The number of aryl methyl sites for hydroxylation is 2. The summed E-state index contributed by atoms with van der Waals surface area (Å²) in [5, 5.41) is 8.90. The van der Waals surface area contributed by atoms with Gasteiger partial charge in [0.2, 0.25) is 0 Å². The van der Waals surface area contributed by atoms with Crippen molar-refractivity contribution >= 4 is 17.1 Å². The van der Waals surface area contributed by atoms with E-state index in [2.05, 4.69) is 4.98 Å². The van der Waals surface area contributed by atoms with E-state index in [0.717, 1.165) is 4.57 Å². The minimum Gasteiger partial charge on any atom is -0.481 e. The number of aromatic nitrogens is 4. The zero-order valence-corrected chi connectivity index (χ0v) is 11.6. The Balaban J connectivity index is 2.95. The summed E-state index contributed by atoms with van der Waals surface area (Å²) in [6.07, 6.45) is -0.289. The molecule has 0 aromatic carbocycles. The van der Waals surface area contributed by atoms with Crippen LogP contribution in [-0.4, -0.2) is 29.8 Å². The Hall–Kier alpha value is -2.38. The maximum atomic E-state index is 12.4. The molecule has 2 rings (SSSR count). The first-order valence-electron chi connectivity index (χ1n) is 6.33. The smallest absolute Gasteiger partial charge is 0.332 e. The minimum absolute atomic E-state index is 0.225. The van der Waals surface area contributed by atoms with E-state index in [4.69, 9.17) is 5.11 Å². The Kier molecular flexibility index (Phi) is 3.47. The summed E-state index contributed by atoms with van der Waals surface area (Å²) >= 11 is 0. The molecule has 108 valence electrons. The van der Waals surface area contributed by atoms with E-state index in [1.165, 1.54) is 11.6 Å². The predicted octanol–water partition coefficient (Wildman–Crippen LogP) is -0.436. The van der Waals surface area contributed by atoms with Crippen molar-refractivity contribution in [2.24, 2.45) is 7.05 Å². The summed E-state index contributed by atoms with van der Waals surface area (Å²) in [5.41, 5.74) is -0.389. The van der Waals surface area contributed by atoms with Gasteiger partial charge >= 0.3 is 11.7 Å². The fourth-order valence-electron chi connectivity index (χ4n) is 2.31. The average Bonchev–Trinajstić information content (AvgIpc) is 2.74. The van der Waals surface area contributed by atoms with E-state index in [1.807, 2.05) is 0 Å². The number of nitrogens with zero attached hydrogens (tertiary/aromatic N) is 4. The molecule has 8 heteroatoms. The van der Waals surface area contributed by atoms with Gasteiger partial charge in [0.15, 0.2) is 11.2 Å². The van der Waals surface area contributed by atoms with Crippen molar-refractivity contribution in [2.75, 3.05) is 0 Å². The molecule has 0 aliphatic rings. The van der Waals surface area contributed by atoms with E-state index >= 15 is 0 Å². The van der Waals surface area contributed by atoms with Crippen LogP contribution in [0.25, 0.3) is 11.2 Å². The van der Waals surface area contributed by atoms with Gasteiger partial charge in [-0.1, -0.05) is 0 Å². The number of hydrogen-bond donors (Lipinski definition) is 1. The van der Waals surface area contributed by atoms with E-state index in [1.54, 1.807) is 18.4 Å². The molecule has 0 bridgehead atoms. The average molecular weight is 280 g/mol. The van der Waals surface area contributed by atoms with E-state index in [-0.39, 0.29) is 30.0 Å². The zero-order chi connectivity index (χ0) is 15.0. The van der Waals surface area contributed by atoms with Crippen molar-refractivity contribution in [3.8, 4) is 0 Å². The van der Waals surface area contributed by atoms with Crippen LogP contribution in [0.4, 0.5) is 0 Å². The van der Waals surface area contributed by atoms with Crippen molar-refractivity contribution in [1.29, 1.82) is 0 Å². The minimum atomic E-state index is -1.03. The first-order chi connectivity index (χ1) is 9.42. The molecule has 0 aliphatic carbocycles. The molecular formula is C12H16N4O4. The summed E-state index contributed by atoms with van der Waals surface area (Å²) in [6.45, 7) is 4.17. The number of rotatable bonds is 4. The van der Waals surface area contributed by atoms with Gasteiger partial charge in [0.1, 0.15) is 12.2 Å². The number of carboxylic acids is 1. The van der Waals surface area contributed by atoms with E-state index in [9.17, 15) is 14.4 Å². The molecule has 1 N–H and O–H groups in total. The third kappa shape index (κ3) is 1.93. The molecule has 0 fully saturated rings. The second-order valence-corrected chi connectivity index (χ2v) is 4.41. The standard InChI is InChI=1S/C12H16N4O4/c1-4-15-7(6-8(17)18)13-10-9(15)11(19)16(5-2)12(20)14(10)3/h4-6H2,1-3H3,(H,17,18). The summed E-state index contributed by atoms with van der Waals surface area (Å²) in [5.74, 6) is -0.758. The number of hydrogen-bond acceptors (Lipinski definition) is 4. The van der Waals surface area contributed by atoms with Gasteiger partial charge in [0.05, 0.1) is 0 Å². The van der Waals surface area contributed by atoms with Gasteiger partial charge in [-0.3, -0.25) is 18.7 Å². The zero-order valence-electron chi connectivity index (χ0n) is 11.6. The molecule has 20 heavy (non-hydrogen) atoms. The number of imidazole rings is 1. The second kappa shape index (κ2) is 4.95. The molecule has 0 radical (unpaired) electrons. The molecule has 0 atom stereocenters. The van der Waals surface area contributed by atoms with Gasteiger partial charge in [-0.2, -0.15) is 0 Å². The first-order valence-corrected chi connectivity index (χ1v) is 6.33. The number of carboxylic acid groups (broad SMARTS) is 1. The van der Waals surface area contributed by atoms with Crippen molar-refractivity contribution in [2.45, 2.75) is 33.4 Å². The van der Waals surface area contributed by atoms with E-state index < -0.39 is 17.2 Å². The molecule has 0 aliphatic heterocycles. The van der Waals surface area contributed by atoms with Crippen LogP contribution in [0.1, 0.15) is 19.7 Å². The molecule has 0 unspecified atom stereocenters. The van der Waals surface area contributed by atoms with Gasteiger partial charge in [-0.05, 0) is 13.8 Å². The van der Waals surface area contributed by atoms with Crippen LogP contribution in [-0.2, 0) is 31.4 Å². The molecule has 0 amide bonds. The van der Waals surface area contributed by atoms with Crippen molar-refractivity contribution in [1.82, 2.24) is 18.7 Å². The third-order valence-electron chi connectivity index (χ3n) is 3.25. The van der Waals surface area contributed by atoms with Crippen LogP contribution in [0.3, 0.4) is 0 Å². The van der Waals surface area contributed by atoms with Crippen LogP contribution in [0.2, 0.25) is 0 Å². The highest BCUT2D eigenvalue weighted by Gasteiger charge is 2.19. The normalized spacial score (nSPS) is 11.2. The molecule has 8 nitrogen and oxygen atoms in total. The van der Waals surface area contributed by atoms with Crippen molar-refractivity contribution in [3.05, 3.63) is 26.7 Å². The third-order valence-corrected chi connectivity index (χ3v) is 3.25. The molecule has 0 saturated heterocycles. The van der Waals surface area contributed by atoms with Crippen LogP contribution in [0, 0.1) is 0 Å². The lowest BCUT2D eigenvalue weighted by atomic mass is 10.4. The summed E-state index contributed by atoms with van der Waals surface area (Å²) in [4.78, 5) is 39.4. The second-order valence-electron chi connectivity index (χ2n) is 4.41. The molecule has 2 heterocycles. The van der Waals surface area contributed by atoms with Crippen LogP contribution >= 0.6 is 0 Å². The van der Waals surface area contributed by atoms with Gasteiger partial charge in [0, 0.05) is 20.1 Å². The van der Waals surface area contributed by atoms with Crippen LogP contribution in [0.5, 0.6) is 0 Å². The maximum Gasteiger partial charge on any atom is 0.332 e. The Morgan fingerprint density at radius 1 is 1.20 bits per heavy atom. The summed E-state index contributed by atoms with van der Waals surface area (Å²) < 4.78 is 3.94. The van der Waals surface area contributed by atoms with E-state index in [0.29, 0.717) is 6.54 Å². The number of fused-ring (bicyclic) bond motifs is 1. The SMILES string of the molecule is CCn1c(=O)c2c(nc(CC(=O)O)n2CC)n(C)c1=O. The molecule has 0 spiro atoms. The Morgan fingerprint density at radius 3 is 2.30 bits per heavy atom. The quantitative estimate of drug-likeness (QED) is 0.818. The molecule has 2 aromatic rings. The highest BCUT2D eigenvalue weighted by molar-refractivity contribution is 5.74. The highest BCUT2D eigenvalue weighted by atomic mass is 16.4. The molecular weight excluding hydrogens is 264 g/mol. The Morgan fingerprint density at radius 2 is 1.80 bits per heavy atom. The number of aliphatic carboxylic acids is 1. The summed E-state index contributed by atoms with van der Waals surface area (Å²) in [7, 11) is 1.52. The van der Waals surface area contributed by atoms with Gasteiger partial charge in [-0.25, -0.2) is 9.78 Å². The highest BCUT2D eigenvalue weighted by Crippen LogP contribution is 2.11. The maximum absolute atomic E-state index is 12.4. The lowest BCUT2D eigenvalue weighted by Gasteiger charge is -2.07. The van der Waals surface area contributed by atoms with Crippen molar-refractivity contribution in [3.63, 3.8) is 0 Å². The predicted molar refractivity (Wildman–Crippen MR) is 71.9 cm³/mol. The Labute approximate surface area is 113 Å². The first kappa shape index (κ1) is 14.0. The lowest BCUT2D eigenvalue weighted by molar-refractivity contribution is -0.136.